The van der Waals surface area contributed by atoms with Crippen LogP contribution in [0.1, 0.15) is 6.42 Å². The van der Waals surface area contributed by atoms with Crippen LogP contribution in [0, 0.1) is 0 Å². The van der Waals surface area contributed by atoms with E-state index in [1.54, 1.807) is 0 Å². The maximum absolute atomic E-state index is 11.1. The van der Waals surface area contributed by atoms with Gasteiger partial charge in [0.15, 0.2) is 5.78 Å². The van der Waals surface area contributed by atoms with Crippen LogP contribution in [-0.2, 0) is 9.59 Å². The number of allylic oxidation sites excluding steroid dienone is 2. The standard InChI is InChI=1S/C8H7NO2/c10-6-1-2-7(11)8-5(6)3-4-9-8/h1-2,9H,3-4H2. The molecular weight excluding hydrogens is 142 g/mol. The predicted molar refractivity (Wildman–Crippen MR) is 38.8 cm³/mol. The van der Waals surface area contributed by atoms with Crippen molar-refractivity contribution < 1.29 is 9.59 Å². The average molecular weight is 149 g/mol. The summed E-state index contributed by atoms with van der Waals surface area (Å²) in [5.74, 6) is -0.0956. The Hall–Kier alpha value is -1.38. The molecule has 0 saturated carbocycles. The zero-order chi connectivity index (χ0) is 7.84. The third-order valence-electron chi connectivity index (χ3n) is 1.91. The van der Waals surface area contributed by atoms with Crippen LogP contribution in [-0.4, -0.2) is 18.1 Å². The second-order valence-corrected chi connectivity index (χ2v) is 2.59. The van der Waals surface area contributed by atoms with Crippen LogP contribution < -0.4 is 5.32 Å². The summed E-state index contributed by atoms with van der Waals surface area (Å²) in [5, 5.41) is 2.90. The van der Waals surface area contributed by atoms with Crippen LogP contribution in [0.15, 0.2) is 23.4 Å². The maximum atomic E-state index is 11.1. The highest BCUT2D eigenvalue weighted by Gasteiger charge is 2.25. The van der Waals surface area contributed by atoms with Gasteiger partial charge in [-0.15, -0.1) is 0 Å². The van der Waals surface area contributed by atoms with Crippen molar-refractivity contribution >= 4 is 11.6 Å². The first-order valence-electron chi connectivity index (χ1n) is 3.53. The van der Waals surface area contributed by atoms with Crippen LogP contribution in [0.4, 0.5) is 0 Å². The number of carbonyl (C=O) groups is 2. The number of rotatable bonds is 0. The molecule has 56 valence electrons. The van der Waals surface area contributed by atoms with E-state index in [1.807, 2.05) is 0 Å². The highest BCUT2D eigenvalue weighted by Crippen LogP contribution is 2.19. The van der Waals surface area contributed by atoms with Crippen molar-refractivity contribution in [3.05, 3.63) is 23.4 Å². The van der Waals surface area contributed by atoms with Gasteiger partial charge in [-0.05, 0) is 18.6 Å². The fraction of sp³-hybridized carbons (Fsp3) is 0.250. The fourth-order valence-corrected chi connectivity index (χ4v) is 1.36. The van der Waals surface area contributed by atoms with Crippen LogP contribution in [0.25, 0.3) is 0 Å². The Morgan fingerprint density at radius 1 is 1.18 bits per heavy atom. The largest absolute Gasteiger partial charge is 0.381 e. The summed E-state index contributed by atoms with van der Waals surface area (Å²) >= 11 is 0. The monoisotopic (exact) mass is 149 g/mol. The van der Waals surface area contributed by atoms with Crippen LogP contribution in [0.3, 0.4) is 0 Å². The molecule has 0 atom stereocenters. The van der Waals surface area contributed by atoms with Crippen molar-refractivity contribution in [1.82, 2.24) is 5.32 Å². The lowest BCUT2D eigenvalue weighted by molar-refractivity contribution is -0.115. The molecule has 0 bridgehead atoms. The Morgan fingerprint density at radius 2 is 1.91 bits per heavy atom. The Labute approximate surface area is 63.8 Å². The number of nitrogens with one attached hydrogen (secondary N) is 1. The molecule has 2 rings (SSSR count). The van der Waals surface area contributed by atoms with Crippen molar-refractivity contribution in [2.24, 2.45) is 0 Å². The van der Waals surface area contributed by atoms with Gasteiger partial charge in [-0.1, -0.05) is 0 Å². The van der Waals surface area contributed by atoms with Crippen molar-refractivity contribution in [3.63, 3.8) is 0 Å². The van der Waals surface area contributed by atoms with E-state index in [4.69, 9.17) is 0 Å². The SMILES string of the molecule is O=C1C=CC(=O)C2=C1CCN2. The van der Waals surface area contributed by atoms with Gasteiger partial charge < -0.3 is 5.32 Å². The third-order valence-corrected chi connectivity index (χ3v) is 1.91. The molecule has 3 nitrogen and oxygen atoms in total. The molecule has 1 aliphatic heterocycles. The minimum absolute atomic E-state index is 0.0235. The third kappa shape index (κ3) is 0.808. The van der Waals surface area contributed by atoms with Gasteiger partial charge in [-0.2, -0.15) is 0 Å². The first-order chi connectivity index (χ1) is 5.29. The van der Waals surface area contributed by atoms with E-state index >= 15 is 0 Å². The van der Waals surface area contributed by atoms with Crippen LogP contribution in [0.2, 0.25) is 0 Å². The minimum atomic E-state index is -0.0721. The molecule has 11 heavy (non-hydrogen) atoms. The van der Waals surface area contributed by atoms with Crippen molar-refractivity contribution in [2.75, 3.05) is 6.54 Å². The molecule has 0 saturated heterocycles. The van der Waals surface area contributed by atoms with Crippen molar-refractivity contribution in [2.45, 2.75) is 6.42 Å². The lowest BCUT2D eigenvalue weighted by Gasteiger charge is -2.04. The van der Waals surface area contributed by atoms with Gasteiger partial charge in [0.1, 0.15) is 0 Å². The second kappa shape index (κ2) is 2.05. The summed E-state index contributed by atoms with van der Waals surface area (Å²) in [6.45, 7) is 0.712. The molecular formula is C8H7NO2. The van der Waals surface area contributed by atoms with Gasteiger partial charge in [0.25, 0.3) is 0 Å². The van der Waals surface area contributed by atoms with Crippen LogP contribution >= 0.6 is 0 Å². The molecule has 0 aromatic carbocycles. The van der Waals surface area contributed by atoms with Crippen molar-refractivity contribution in [3.8, 4) is 0 Å². The van der Waals surface area contributed by atoms with E-state index in [0.717, 1.165) is 0 Å². The molecule has 0 aromatic rings. The summed E-state index contributed by atoms with van der Waals surface area (Å²) in [5.41, 5.74) is 1.16. The summed E-state index contributed by atoms with van der Waals surface area (Å²) in [6.07, 6.45) is 3.35. The van der Waals surface area contributed by atoms with Gasteiger partial charge in [-0.25, -0.2) is 0 Å². The molecule has 1 aliphatic carbocycles. The van der Waals surface area contributed by atoms with Gasteiger partial charge in [0.2, 0.25) is 5.78 Å². The molecule has 0 radical (unpaired) electrons. The van der Waals surface area contributed by atoms with E-state index in [2.05, 4.69) is 5.32 Å². The summed E-state index contributed by atoms with van der Waals surface area (Å²) in [6, 6.07) is 0. The summed E-state index contributed by atoms with van der Waals surface area (Å²) < 4.78 is 0. The normalized spacial score (nSPS) is 22.2. The average Bonchev–Trinajstić information content (AvgIpc) is 2.45. The Morgan fingerprint density at radius 3 is 2.64 bits per heavy atom. The first kappa shape index (κ1) is 6.34. The maximum Gasteiger partial charge on any atom is 0.202 e. The first-order valence-corrected chi connectivity index (χ1v) is 3.53. The highest BCUT2D eigenvalue weighted by molar-refractivity contribution is 6.20. The summed E-state index contributed by atoms with van der Waals surface area (Å²) in [7, 11) is 0. The Balaban J connectivity index is 2.47. The molecule has 3 heteroatoms. The van der Waals surface area contributed by atoms with Gasteiger partial charge in [-0.3, -0.25) is 9.59 Å². The topological polar surface area (TPSA) is 46.2 Å². The zero-order valence-electron chi connectivity index (χ0n) is 5.89. The van der Waals surface area contributed by atoms with E-state index in [9.17, 15) is 9.59 Å². The Kier molecular flexibility index (Phi) is 1.18. The number of ketones is 2. The van der Waals surface area contributed by atoms with E-state index in [1.165, 1.54) is 12.2 Å². The zero-order valence-corrected chi connectivity index (χ0v) is 5.89. The molecule has 0 spiro atoms. The van der Waals surface area contributed by atoms with Crippen molar-refractivity contribution in [1.29, 1.82) is 0 Å². The van der Waals surface area contributed by atoms with Gasteiger partial charge in [0.05, 0.1) is 5.70 Å². The lowest BCUT2D eigenvalue weighted by atomic mass is 10.0. The Bertz CT molecular complexity index is 271. The predicted octanol–water partition coefficient (Wildman–Crippen LogP) is -0.0582. The highest BCUT2D eigenvalue weighted by atomic mass is 16.1. The fourth-order valence-electron chi connectivity index (χ4n) is 1.36. The quantitative estimate of drug-likeness (QED) is 0.491. The van der Waals surface area contributed by atoms with E-state index in [-0.39, 0.29) is 11.6 Å². The second-order valence-electron chi connectivity index (χ2n) is 2.59. The molecule has 1 heterocycles. The smallest absolute Gasteiger partial charge is 0.202 e. The van der Waals surface area contributed by atoms with E-state index in [0.29, 0.717) is 24.2 Å². The molecule has 2 aliphatic rings. The number of carbonyl (C=O) groups excluding carboxylic acids is 2. The van der Waals surface area contributed by atoms with E-state index < -0.39 is 0 Å². The molecule has 0 aromatic heterocycles. The molecule has 0 unspecified atom stereocenters. The lowest BCUT2D eigenvalue weighted by Crippen LogP contribution is -2.18. The van der Waals surface area contributed by atoms with Crippen LogP contribution in [0.5, 0.6) is 0 Å². The molecule has 0 fully saturated rings. The number of hydrogen-bond acceptors (Lipinski definition) is 3. The molecule has 0 amide bonds. The van der Waals surface area contributed by atoms with Gasteiger partial charge >= 0.3 is 0 Å². The number of hydrogen-bond donors (Lipinski definition) is 1. The summed E-state index contributed by atoms with van der Waals surface area (Å²) in [4.78, 5) is 22.1. The minimum Gasteiger partial charge on any atom is -0.381 e. The van der Waals surface area contributed by atoms with Gasteiger partial charge in [0, 0.05) is 12.1 Å². The molecule has 1 N–H and O–H groups in total.